The molecular formula is C10H3F7N2. The van der Waals surface area contributed by atoms with E-state index in [-0.39, 0.29) is 0 Å². The lowest BCUT2D eigenvalue weighted by atomic mass is 10.0. The Bertz CT molecular complexity index is 691. The number of halogens is 7. The number of nitrogens with one attached hydrogen (secondary N) is 1. The number of hydrogen-bond donors (Lipinski definition) is 2. The summed E-state index contributed by atoms with van der Waals surface area (Å²) in [6, 6.07) is 0. The van der Waals surface area contributed by atoms with Crippen molar-refractivity contribution in [3.05, 3.63) is 40.7 Å². The molecule has 0 spiro atoms. The highest BCUT2D eigenvalue weighted by Crippen LogP contribution is 2.36. The zero-order valence-corrected chi connectivity index (χ0v) is 8.72. The lowest BCUT2D eigenvalue weighted by Crippen LogP contribution is -2.14. The number of rotatable bonds is 1. The van der Waals surface area contributed by atoms with E-state index in [1.54, 1.807) is 0 Å². The molecule has 0 aliphatic carbocycles. The highest BCUT2D eigenvalue weighted by molar-refractivity contribution is 5.95. The van der Waals surface area contributed by atoms with Gasteiger partial charge in [0.1, 0.15) is 0 Å². The minimum absolute atomic E-state index is 1.23. The minimum Gasteiger partial charge on any atom is -0.321 e. The monoisotopic (exact) mass is 284 g/mol. The van der Waals surface area contributed by atoms with Gasteiger partial charge in [0, 0.05) is 0 Å². The van der Waals surface area contributed by atoms with Crippen LogP contribution in [-0.2, 0) is 0 Å². The van der Waals surface area contributed by atoms with Crippen LogP contribution in [-0.4, -0.2) is 0 Å². The van der Waals surface area contributed by atoms with E-state index in [0.29, 0.717) is 0 Å². The second-order valence-corrected chi connectivity index (χ2v) is 3.47. The largest absolute Gasteiger partial charge is 0.321 e. The van der Waals surface area contributed by atoms with Crippen molar-refractivity contribution >= 4 is 16.5 Å². The number of benzene rings is 2. The second kappa shape index (κ2) is 4.26. The third kappa shape index (κ3) is 1.61. The van der Waals surface area contributed by atoms with Gasteiger partial charge in [0.25, 0.3) is 0 Å². The average Bonchev–Trinajstić information content (AvgIpc) is 2.40. The van der Waals surface area contributed by atoms with Crippen molar-refractivity contribution in [2.45, 2.75) is 0 Å². The van der Waals surface area contributed by atoms with E-state index in [1.165, 1.54) is 5.43 Å². The number of hydrogen-bond acceptors (Lipinski definition) is 2. The predicted molar refractivity (Wildman–Crippen MR) is 51.5 cm³/mol. The zero-order chi connectivity index (χ0) is 14.5. The summed E-state index contributed by atoms with van der Waals surface area (Å²) in [5, 5.41) is -2.95. The molecule has 0 saturated carbocycles. The van der Waals surface area contributed by atoms with Crippen LogP contribution in [0.15, 0.2) is 0 Å². The molecule has 102 valence electrons. The first-order chi connectivity index (χ1) is 8.82. The van der Waals surface area contributed by atoms with Crippen LogP contribution >= 0.6 is 0 Å². The molecule has 9 heteroatoms. The molecule has 2 aromatic rings. The molecule has 0 saturated heterocycles. The van der Waals surface area contributed by atoms with E-state index in [4.69, 9.17) is 5.84 Å². The van der Waals surface area contributed by atoms with Crippen LogP contribution in [0.5, 0.6) is 0 Å². The summed E-state index contributed by atoms with van der Waals surface area (Å²) in [5.74, 6) is -10.6. The predicted octanol–water partition coefficient (Wildman–Crippen LogP) is 3.10. The first-order valence-corrected chi connectivity index (χ1v) is 4.61. The molecule has 0 bridgehead atoms. The summed E-state index contributed by atoms with van der Waals surface area (Å²) in [5.41, 5.74) is 0.211. The molecule has 0 aliphatic heterocycles. The summed E-state index contributed by atoms with van der Waals surface area (Å²) >= 11 is 0. The highest BCUT2D eigenvalue weighted by atomic mass is 19.2. The van der Waals surface area contributed by atoms with E-state index in [0.717, 1.165) is 0 Å². The Morgan fingerprint density at radius 3 is 1.32 bits per heavy atom. The van der Waals surface area contributed by atoms with Gasteiger partial charge in [-0.3, -0.25) is 5.84 Å². The van der Waals surface area contributed by atoms with Gasteiger partial charge < -0.3 is 5.43 Å². The Balaban J connectivity index is 3.21. The molecule has 2 nitrogen and oxygen atoms in total. The molecular weight excluding hydrogens is 281 g/mol. The van der Waals surface area contributed by atoms with Crippen molar-refractivity contribution in [2.75, 3.05) is 5.43 Å². The van der Waals surface area contributed by atoms with E-state index >= 15 is 0 Å². The Labute approximate surface area is 100 Å². The standard InChI is InChI=1S/C10H3F7N2/c11-3-1-2(5(13)7(15)6(3)14)10(19-18)9(17)8(16)4(1)12/h19H,18H2. The van der Waals surface area contributed by atoms with Gasteiger partial charge in [0.2, 0.25) is 0 Å². The summed E-state index contributed by atoms with van der Waals surface area (Å²) < 4.78 is 92.5. The fourth-order valence-electron chi connectivity index (χ4n) is 1.63. The fraction of sp³-hybridized carbons (Fsp3) is 0. The van der Waals surface area contributed by atoms with E-state index in [9.17, 15) is 30.7 Å². The third-order valence-corrected chi connectivity index (χ3v) is 2.49. The van der Waals surface area contributed by atoms with Gasteiger partial charge in [-0.15, -0.1) is 0 Å². The van der Waals surface area contributed by atoms with Crippen LogP contribution in [0.3, 0.4) is 0 Å². The van der Waals surface area contributed by atoms with Crippen molar-refractivity contribution < 1.29 is 30.7 Å². The van der Waals surface area contributed by atoms with E-state index in [2.05, 4.69) is 0 Å². The minimum atomic E-state index is -2.35. The summed E-state index contributed by atoms with van der Waals surface area (Å²) in [6.45, 7) is 0. The van der Waals surface area contributed by atoms with Crippen LogP contribution in [0, 0.1) is 40.7 Å². The van der Waals surface area contributed by atoms with Crippen LogP contribution in [0.1, 0.15) is 0 Å². The van der Waals surface area contributed by atoms with Gasteiger partial charge in [-0.1, -0.05) is 0 Å². The van der Waals surface area contributed by atoms with Crippen LogP contribution in [0.2, 0.25) is 0 Å². The van der Waals surface area contributed by atoms with Crippen LogP contribution in [0.25, 0.3) is 10.8 Å². The van der Waals surface area contributed by atoms with Crippen LogP contribution in [0.4, 0.5) is 36.4 Å². The quantitative estimate of drug-likeness (QED) is 0.278. The van der Waals surface area contributed by atoms with Gasteiger partial charge in [-0.05, 0) is 0 Å². The molecule has 3 N–H and O–H groups in total. The maximum atomic E-state index is 13.4. The highest BCUT2D eigenvalue weighted by Gasteiger charge is 2.30. The molecule has 0 radical (unpaired) electrons. The molecule has 19 heavy (non-hydrogen) atoms. The second-order valence-electron chi connectivity index (χ2n) is 3.47. The van der Waals surface area contributed by atoms with Crippen LogP contribution < -0.4 is 11.3 Å². The van der Waals surface area contributed by atoms with Crippen molar-refractivity contribution in [3.63, 3.8) is 0 Å². The molecule has 2 aromatic carbocycles. The van der Waals surface area contributed by atoms with Gasteiger partial charge in [0.15, 0.2) is 40.7 Å². The first kappa shape index (κ1) is 13.4. The lowest BCUT2D eigenvalue weighted by molar-refractivity contribution is 0.411. The Morgan fingerprint density at radius 2 is 0.895 bits per heavy atom. The molecule has 0 fully saturated rings. The van der Waals surface area contributed by atoms with Gasteiger partial charge >= 0.3 is 0 Å². The zero-order valence-electron chi connectivity index (χ0n) is 8.72. The number of anilines is 1. The van der Waals surface area contributed by atoms with E-state index in [1.807, 2.05) is 0 Å². The number of nitrogen functional groups attached to an aromatic ring is 1. The SMILES string of the molecule is NNc1c(F)c(F)c(F)c2c(F)c(F)c(F)c(F)c12. The average molecular weight is 284 g/mol. The molecule has 0 aromatic heterocycles. The maximum Gasteiger partial charge on any atom is 0.198 e. The molecule has 2 rings (SSSR count). The molecule has 0 atom stereocenters. The maximum absolute atomic E-state index is 13.4. The smallest absolute Gasteiger partial charge is 0.198 e. The molecule has 0 unspecified atom stereocenters. The number of nitrogens with two attached hydrogens (primary N) is 1. The van der Waals surface area contributed by atoms with Crippen molar-refractivity contribution in [1.82, 2.24) is 0 Å². The van der Waals surface area contributed by atoms with Crippen molar-refractivity contribution in [3.8, 4) is 0 Å². The molecule has 0 aliphatic rings. The first-order valence-electron chi connectivity index (χ1n) is 4.61. The summed E-state index contributed by atoms with van der Waals surface area (Å²) in [4.78, 5) is 0. The van der Waals surface area contributed by atoms with E-state index < -0.39 is 57.2 Å². The summed E-state index contributed by atoms with van der Waals surface area (Å²) in [7, 11) is 0. The molecule has 0 amide bonds. The van der Waals surface area contributed by atoms with Crippen molar-refractivity contribution in [1.29, 1.82) is 0 Å². The van der Waals surface area contributed by atoms with Crippen molar-refractivity contribution in [2.24, 2.45) is 5.84 Å². The Hall–Kier alpha value is -2.03. The number of fused-ring (bicyclic) bond motifs is 1. The number of hydrazine groups is 1. The lowest BCUT2D eigenvalue weighted by Gasteiger charge is -2.12. The normalized spacial score (nSPS) is 11.2. The Kier molecular flexibility index (Phi) is 3.01. The summed E-state index contributed by atoms with van der Waals surface area (Å²) in [6.07, 6.45) is 0. The van der Waals surface area contributed by atoms with Gasteiger partial charge in [-0.25, -0.2) is 30.7 Å². The fourth-order valence-corrected chi connectivity index (χ4v) is 1.63. The Morgan fingerprint density at radius 1 is 0.526 bits per heavy atom. The van der Waals surface area contributed by atoms with Gasteiger partial charge in [-0.2, -0.15) is 0 Å². The molecule has 0 heterocycles. The van der Waals surface area contributed by atoms with Gasteiger partial charge in [0.05, 0.1) is 16.5 Å². The third-order valence-electron chi connectivity index (χ3n) is 2.49. The topological polar surface area (TPSA) is 38.0 Å².